The van der Waals surface area contributed by atoms with E-state index in [4.69, 9.17) is 30.9 Å². The fraction of sp³-hybridized carbons (Fsp3) is 0.375. The highest BCUT2D eigenvalue weighted by atomic mass is 35.5. The molecule has 2 heterocycles. The van der Waals surface area contributed by atoms with E-state index in [0.717, 1.165) is 11.1 Å². The lowest BCUT2D eigenvalue weighted by Gasteiger charge is -2.29. The Bertz CT molecular complexity index is 1480. The van der Waals surface area contributed by atoms with Crippen molar-refractivity contribution >= 4 is 40.9 Å². The van der Waals surface area contributed by atoms with E-state index in [2.05, 4.69) is 10.3 Å². The quantitative estimate of drug-likeness (QED) is 0.224. The average Bonchev–Trinajstić information content (AvgIpc) is 3.20. The fourth-order valence-electron chi connectivity index (χ4n) is 4.59. The predicted molar refractivity (Wildman–Crippen MR) is 164 cm³/mol. The number of nitrogens with zero attached hydrogens (tertiary/aromatic N) is 3. The third-order valence-electron chi connectivity index (χ3n) is 6.24. The van der Waals surface area contributed by atoms with Crippen molar-refractivity contribution in [2.75, 3.05) is 6.61 Å². The molecule has 0 aliphatic carbocycles. The molecular weight excluding hydrogens is 556 g/mol. The summed E-state index contributed by atoms with van der Waals surface area (Å²) in [5.41, 5.74) is 1.92. The Hall–Kier alpha value is -3.95. The van der Waals surface area contributed by atoms with E-state index in [1.54, 1.807) is 47.6 Å². The maximum absolute atomic E-state index is 13.9. The molecule has 0 saturated heterocycles. The van der Waals surface area contributed by atoms with Crippen LogP contribution in [-0.2, 0) is 15.9 Å². The third-order valence-corrected chi connectivity index (χ3v) is 6.53. The van der Waals surface area contributed by atoms with E-state index in [0.29, 0.717) is 23.6 Å². The molecule has 2 aromatic carbocycles. The minimum Gasteiger partial charge on any atom is -0.490 e. The summed E-state index contributed by atoms with van der Waals surface area (Å²) >= 11 is 6.66. The molecule has 2 amide bonds. The summed E-state index contributed by atoms with van der Waals surface area (Å²) in [6, 6.07) is 18.4. The number of carbonyl (C=O) groups excluding carboxylic acids is 2. The molecule has 1 aromatic heterocycles. The number of ether oxygens (including phenoxy) is 3. The first-order valence-electron chi connectivity index (χ1n) is 13.8. The van der Waals surface area contributed by atoms with Crippen LogP contribution in [0.5, 0.6) is 5.75 Å². The largest absolute Gasteiger partial charge is 0.554 e. The van der Waals surface area contributed by atoms with Gasteiger partial charge < -0.3 is 19.5 Å². The number of nitrogens with one attached hydrogen (secondary N) is 1. The molecule has 0 spiro atoms. The number of hydrogen-bond donors (Lipinski definition) is 1. The summed E-state index contributed by atoms with van der Waals surface area (Å²) < 4.78 is 16.9. The molecule has 0 fully saturated rings. The van der Waals surface area contributed by atoms with Crippen molar-refractivity contribution in [3.63, 3.8) is 0 Å². The van der Waals surface area contributed by atoms with Crippen LogP contribution in [0.3, 0.4) is 0 Å². The zero-order valence-electron chi connectivity index (χ0n) is 25.1. The number of fused-ring (bicyclic) bond motifs is 1. The van der Waals surface area contributed by atoms with Gasteiger partial charge in [0.2, 0.25) is 5.69 Å². The van der Waals surface area contributed by atoms with Gasteiger partial charge in [0.25, 0.3) is 0 Å². The van der Waals surface area contributed by atoms with Gasteiger partial charge in [-0.05, 0) is 71.1 Å². The monoisotopic (exact) mass is 593 g/mol. The highest BCUT2D eigenvalue weighted by Crippen LogP contribution is 2.47. The minimum atomic E-state index is -0.782. The molecule has 2 atom stereocenters. The zero-order valence-corrected chi connectivity index (χ0v) is 25.9. The van der Waals surface area contributed by atoms with Crippen LogP contribution >= 0.6 is 11.6 Å². The first kappa shape index (κ1) is 31.0. The number of hydrogen-bond acceptors (Lipinski definition) is 7. The average molecular weight is 594 g/mol. The van der Waals surface area contributed by atoms with E-state index < -0.39 is 34.0 Å². The van der Waals surface area contributed by atoms with Crippen molar-refractivity contribution in [3.05, 3.63) is 83.1 Å². The molecule has 10 heteroatoms. The van der Waals surface area contributed by atoms with E-state index >= 15 is 0 Å². The molecule has 42 heavy (non-hydrogen) atoms. The Kier molecular flexibility index (Phi) is 8.94. The molecule has 0 saturated carbocycles. The van der Waals surface area contributed by atoms with Crippen LogP contribution < -0.4 is 14.6 Å². The van der Waals surface area contributed by atoms with Gasteiger partial charge in [0.1, 0.15) is 29.3 Å². The van der Waals surface area contributed by atoms with Gasteiger partial charge in [-0.15, -0.1) is 0 Å². The highest BCUT2D eigenvalue weighted by Gasteiger charge is 2.54. The molecule has 4 rings (SSSR count). The number of rotatable bonds is 7. The summed E-state index contributed by atoms with van der Waals surface area (Å²) in [5, 5.41) is 7.78. The lowest BCUT2D eigenvalue weighted by molar-refractivity contribution is 0.0360. The van der Waals surface area contributed by atoms with Crippen molar-refractivity contribution in [3.8, 4) is 5.75 Å². The van der Waals surface area contributed by atoms with E-state index in [1.807, 2.05) is 61.5 Å². The first-order valence-corrected chi connectivity index (χ1v) is 14.2. The molecule has 1 N–H and O–H groups in total. The van der Waals surface area contributed by atoms with E-state index in [9.17, 15) is 9.59 Å². The molecule has 1 unspecified atom stereocenters. The highest BCUT2D eigenvalue weighted by molar-refractivity contribution is 6.32. The predicted octanol–water partition coefficient (Wildman–Crippen LogP) is 7.56. The molecule has 3 aromatic rings. The Morgan fingerprint density at radius 3 is 2.24 bits per heavy atom. The van der Waals surface area contributed by atoms with Crippen LogP contribution in [-0.4, -0.2) is 46.7 Å². The van der Waals surface area contributed by atoms with Crippen molar-refractivity contribution in [2.24, 2.45) is 5.10 Å². The SMILES string of the molecule is CC1=N[N+](C(=O)OC(C)(C)C)(c2cc(OC[C@H](Cc3ccccc3)NC(=O)OC(C)(C)C)cnc2Cl)c2ccccc21. The summed E-state index contributed by atoms with van der Waals surface area (Å²) in [4.78, 5) is 30.9. The van der Waals surface area contributed by atoms with Crippen molar-refractivity contribution < 1.29 is 23.8 Å². The molecule has 1 aliphatic heterocycles. The minimum absolute atomic E-state index is 0.0779. The van der Waals surface area contributed by atoms with Gasteiger partial charge in [-0.25, -0.2) is 9.78 Å². The lowest BCUT2D eigenvalue weighted by atomic mass is 10.1. The summed E-state index contributed by atoms with van der Waals surface area (Å²) in [5.74, 6) is 0.344. The van der Waals surface area contributed by atoms with Gasteiger partial charge in [-0.1, -0.05) is 59.2 Å². The van der Waals surface area contributed by atoms with Crippen LogP contribution in [0.2, 0.25) is 5.15 Å². The van der Waals surface area contributed by atoms with E-state index in [-0.39, 0.29) is 17.4 Å². The Morgan fingerprint density at radius 2 is 1.57 bits per heavy atom. The second-order valence-electron chi connectivity index (χ2n) is 12.1. The summed E-state index contributed by atoms with van der Waals surface area (Å²) in [6.07, 6.45) is 0.808. The number of alkyl carbamates (subject to hydrolysis) is 1. The van der Waals surface area contributed by atoms with E-state index in [1.165, 1.54) is 6.20 Å². The molecule has 0 bridgehead atoms. The molecule has 9 nitrogen and oxygen atoms in total. The number of aromatic nitrogens is 1. The van der Waals surface area contributed by atoms with Gasteiger partial charge in [0.15, 0.2) is 10.8 Å². The lowest BCUT2D eigenvalue weighted by Crippen LogP contribution is -2.47. The Balaban J connectivity index is 1.67. The van der Waals surface area contributed by atoms with Crippen LogP contribution in [0.15, 0.2) is 72.0 Å². The first-order chi connectivity index (χ1) is 19.7. The fourth-order valence-corrected chi connectivity index (χ4v) is 4.81. The van der Waals surface area contributed by atoms with Crippen molar-refractivity contribution in [2.45, 2.75) is 72.1 Å². The van der Waals surface area contributed by atoms with Crippen molar-refractivity contribution in [1.29, 1.82) is 0 Å². The van der Waals surface area contributed by atoms with Gasteiger partial charge in [-0.3, -0.25) is 0 Å². The van der Waals surface area contributed by atoms with Crippen molar-refractivity contribution in [1.82, 2.24) is 14.9 Å². The number of para-hydroxylation sites is 1. The Labute approximate surface area is 252 Å². The maximum atomic E-state index is 13.9. The zero-order chi connectivity index (χ0) is 30.7. The number of amides is 2. The van der Waals surface area contributed by atoms with Crippen LogP contribution in [0.4, 0.5) is 21.0 Å². The summed E-state index contributed by atoms with van der Waals surface area (Å²) in [6.45, 7) is 12.7. The number of carbonyl (C=O) groups is 2. The van der Waals surface area contributed by atoms with Crippen LogP contribution in [0.1, 0.15) is 59.6 Å². The third kappa shape index (κ3) is 7.27. The number of benzene rings is 2. The standard InChI is InChI=1S/C32H37ClN4O5/c1-21-25-15-11-12-16-26(25)37(36-21,30(39)42-32(5,6)7)27-18-24(19-34-28(27)33)40-20-23(17-22-13-9-8-10-14-22)35-29(38)41-31(2,3)4/h8-16,18-19,23H,17,20H2,1-7H3/p+1/t23-,37?/m0/s1. The molecule has 1 aliphatic rings. The topological polar surface area (TPSA) is 99.1 Å². The second-order valence-corrected chi connectivity index (χ2v) is 12.5. The number of quaternary nitrogens is 1. The van der Waals surface area contributed by atoms with Crippen LogP contribution in [0.25, 0.3) is 0 Å². The van der Waals surface area contributed by atoms with Gasteiger partial charge in [-0.2, -0.15) is 4.79 Å². The van der Waals surface area contributed by atoms with Crippen LogP contribution in [0, 0.1) is 0 Å². The molecule has 222 valence electrons. The second kappa shape index (κ2) is 12.1. The Morgan fingerprint density at radius 1 is 0.929 bits per heavy atom. The summed E-state index contributed by atoms with van der Waals surface area (Å²) in [7, 11) is 0. The molecule has 0 radical (unpaired) electrons. The molecular formula is C32H38ClN4O5+. The van der Waals surface area contributed by atoms with Gasteiger partial charge in [0.05, 0.1) is 17.8 Å². The maximum Gasteiger partial charge on any atom is 0.554 e. The van der Waals surface area contributed by atoms with Gasteiger partial charge >= 0.3 is 12.2 Å². The van der Waals surface area contributed by atoms with Gasteiger partial charge in [0, 0.05) is 12.1 Å². The number of pyridine rings is 1. The normalized spacial score (nSPS) is 17.1. The number of halogens is 1. The smallest absolute Gasteiger partial charge is 0.490 e.